The van der Waals surface area contributed by atoms with E-state index in [-0.39, 0.29) is 81.4 Å². The van der Waals surface area contributed by atoms with Crippen molar-refractivity contribution in [1.82, 2.24) is 0 Å². The van der Waals surface area contributed by atoms with E-state index in [2.05, 4.69) is 0 Å². The summed E-state index contributed by atoms with van der Waals surface area (Å²) < 4.78 is 357. The average molecular weight is 1180 g/mol. The van der Waals surface area contributed by atoms with E-state index >= 15 is 13.2 Å². The molecule has 2 atom stereocenters. The fraction of sp³-hybridized carbons (Fsp3) is 0.500. The lowest BCUT2D eigenvalue weighted by Crippen LogP contribution is -2.69. The van der Waals surface area contributed by atoms with Crippen LogP contribution in [0.15, 0.2) is 66.7 Å². The van der Waals surface area contributed by atoms with Gasteiger partial charge < -0.3 is 23.4 Å². The maximum atomic E-state index is 15.5. The van der Waals surface area contributed by atoms with E-state index in [1.54, 1.807) is 26.8 Å². The molecule has 2 unspecified atom stereocenters. The van der Waals surface area contributed by atoms with Crippen molar-refractivity contribution in [3.8, 4) is 17.2 Å². The molecular weight excluding hydrogens is 1140 g/mol. The van der Waals surface area contributed by atoms with Crippen LogP contribution in [0, 0.1) is 6.07 Å². The fourth-order valence-electron chi connectivity index (χ4n) is 8.53. The Morgan fingerprint density at radius 1 is 0.430 bits per heavy atom. The number of quaternary nitrogens is 1. The monoisotopic (exact) mass is 1180 g/mol. The molecule has 0 radical (unpaired) electrons. The Bertz CT molecular complexity index is 2440. The van der Waals surface area contributed by atoms with Gasteiger partial charge in [0.05, 0.1) is 65.2 Å². The zero-order valence-corrected chi connectivity index (χ0v) is 41.7. The molecule has 79 heavy (non-hydrogen) atoms. The van der Waals surface area contributed by atoms with Gasteiger partial charge in [0.1, 0.15) is 17.2 Å². The van der Waals surface area contributed by atoms with Gasteiger partial charge in [-0.25, -0.2) is 0 Å². The highest BCUT2D eigenvalue weighted by atomic mass is 19.4. The maximum Gasteiger partial charge on any atom is 0.864 e. The first-order valence-electron chi connectivity index (χ1n) is 23.1. The minimum absolute atomic E-state index is 0.0177. The summed E-state index contributed by atoms with van der Waals surface area (Å²) in [5.41, 5.74) is -19.3. The number of hydrogen-bond acceptors (Lipinski definition) is 5. The highest BCUT2D eigenvalue weighted by Gasteiger charge is 2.61. The molecule has 0 saturated heterocycles. The molecule has 0 spiro atoms. The van der Waals surface area contributed by atoms with Crippen molar-refractivity contribution in [3.63, 3.8) is 0 Å². The highest BCUT2D eigenvalue weighted by Crippen LogP contribution is 2.54. The number of benzene rings is 4. The average Bonchev–Trinajstić information content (AvgIpc) is 3.30. The highest BCUT2D eigenvalue weighted by molar-refractivity contribution is 6.39. The molecule has 0 fully saturated rings. The standard InChI is InChI=1S/C40H43BF18NO5.C8H3F6/c1-7-13-60(14-8-2,32(9-3)61-11-5)34(10-4,62-12-6)33-30(40(57,58)59)21-27(39(54,55)56)22-31(33)65-41(63-28-17-23(35(42,43)44)15-24(18-28)36(45,46)47)64-29-19-25(37(48,49)50)16-26(20-29)38(51,52)53;9-7(10,11)5-2-1-3-6(4-5)8(12,13)14/h15-22,32H,7-14H2,1-6H3;2-4H/q+1;-1. The van der Waals surface area contributed by atoms with Gasteiger partial charge in [-0.1, -0.05) is 38.8 Å². The van der Waals surface area contributed by atoms with Crippen molar-refractivity contribution in [3.05, 3.63) is 123 Å². The molecule has 31 heteroatoms. The number of rotatable bonds is 19. The molecule has 0 aliphatic heterocycles. The normalized spacial score (nSPS) is 14.5. The van der Waals surface area contributed by atoms with E-state index < -0.39 is 166 Å². The van der Waals surface area contributed by atoms with Crippen molar-refractivity contribution >= 4 is 7.32 Å². The Morgan fingerprint density at radius 3 is 1.08 bits per heavy atom. The molecule has 0 aliphatic rings. The van der Waals surface area contributed by atoms with E-state index in [9.17, 15) is 92.2 Å². The van der Waals surface area contributed by atoms with E-state index in [1.807, 2.05) is 0 Å². The van der Waals surface area contributed by atoms with Crippen LogP contribution >= 0.6 is 0 Å². The van der Waals surface area contributed by atoms with Crippen molar-refractivity contribution in [2.45, 2.75) is 129 Å². The summed E-state index contributed by atoms with van der Waals surface area (Å²) in [7, 11) is -3.38. The number of halogens is 24. The summed E-state index contributed by atoms with van der Waals surface area (Å²) in [6, 6.07) is 0.840. The Kier molecular flexibility index (Phi) is 21.6. The summed E-state index contributed by atoms with van der Waals surface area (Å²) >= 11 is 0. The fourth-order valence-corrected chi connectivity index (χ4v) is 8.53. The molecule has 0 amide bonds. The van der Waals surface area contributed by atoms with Gasteiger partial charge in [-0.3, -0.25) is 4.48 Å². The summed E-state index contributed by atoms with van der Waals surface area (Å²) in [4.78, 5) is 0. The number of hydrogen-bond donors (Lipinski definition) is 0. The quantitative estimate of drug-likeness (QED) is 0.0308. The van der Waals surface area contributed by atoms with Crippen molar-refractivity contribution in [2.24, 2.45) is 0 Å². The molecule has 4 aromatic carbocycles. The first kappa shape index (κ1) is 67.8. The topological polar surface area (TPSA) is 46.2 Å². The van der Waals surface area contributed by atoms with Gasteiger partial charge in [-0.05, 0) is 75.2 Å². The molecule has 0 saturated carbocycles. The lowest BCUT2D eigenvalue weighted by molar-refractivity contribution is -1.05. The summed E-state index contributed by atoms with van der Waals surface area (Å²) in [5.74, 6) is -4.86. The number of ether oxygens (including phenoxy) is 2. The minimum atomic E-state index is -5.80. The van der Waals surface area contributed by atoms with Gasteiger partial charge in [0.25, 0.3) is 0 Å². The first-order valence-corrected chi connectivity index (χ1v) is 23.1. The van der Waals surface area contributed by atoms with Gasteiger partial charge in [-0.15, -0.1) is 6.07 Å². The second-order valence-corrected chi connectivity index (χ2v) is 16.9. The van der Waals surface area contributed by atoms with Crippen LogP contribution in [-0.2, 0) is 64.6 Å². The third-order valence-corrected chi connectivity index (χ3v) is 11.5. The molecule has 0 N–H and O–H groups in total. The Morgan fingerprint density at radius 2 is 0.785 bits per heavy atom. The number of alkyl halides is 24. The molecule has 444 valence electrons. The Balaban J connectivity index is 0.00000101. The van der Waals surface area contributed by atoms with Gasteiger partial charge in [0.2, 0.25) is 5.72 Å². The van der Waals surface area contributed by atoms with Crippen LogP contribution in [0.3, 0.4) is 0 Å². The van der Waals surface area contributed by atoms with Gasteiger partial charge in [0, 0.05) is 12.8 Å². The smallest absolute Gasteiger partial charge is 0.490 e. The second kappa shape index (κ2) is 25.1. The van der Waals surface area contributed by atoms with Crippen LogP contribution < -0.4 is 14.0 Å². The van der Waals surface area contributed by atoms with E-state index in [4.69, 9.17) is 23.4 Å². The van der Waals surface area contributed by atoms with Crippen LogP contribution in [0.1, 0.15) is 117 Å². The molecule has 6 nitrogen and oxygen atoms in total. The van der Waals surface area contributed by atoms with Gasteiger partial charge >= 0.3 is 56.7 Å². The van der Waals surface area contributed by atoms with Crippen molar-refractivity contribution in [2.75, 3.05) is 26.3 Å². The molecule has 0 aromatic heterocycles. The Labute approximate surface area is 435 Å². The number of nitrogens with zero attached hydrogens (tertiary/aromatic N) is 1. The molecule has 4 rings (SSSR count). The van der Waals surface area contributed by atoms with E-state index in [0.717, 1.165) is 0 Å². The zero-order valence-electron chi connectivity index (χ0n) is 41.7. The van der Waals surface area contributed by atoms with Crippen LogP contribution in [0.5, 0.6) is 17.2 Å². The predicted octanol–water partition coefficient (Wildman–Crippen LogP) is 17.9. The SMILES string of the molecule is CCC[N+](CCC)(C(CC)OCC)C(CC)(OCC)c1c(OB(Oc2cc(C(F)(F)F)cc(C(F)(F)F)c2)Oc2cc(C(F)(F)F)cc(C(F)(F)F)c2)cc(C(F)(F)F)cc1C(F)(F)F.FC(F)(F)c1c[c-]cc(C(F)(F)F)c1. The van der Waals surface area contributed by atoms with E-state index in [1.165, 1.54) is 20.8 Å². The Hall–Kier alpha value is -5.46. The molecule has 0 bridgehead atoms. The van der Waals surface area contributed by atoms with Crippen molar-refractivity contribution in [1.29, 1.82) is 0 Å². The minimum Gasteiger partial charge on any atom is -0.490 e. The summed E-state index contributed by atoms with van der Waals surface area (Å²) in [5, 5.41) is 0. The predicted molar refractivity (Wildman–Crippen MR) is 232 cm³/mol. The molecule has 4 aromatic rings. The van der Waals surface area contributed by atoms with Gasteiger partial charge in [-0.2, -0.15) is 124 Å². The summed E-state index contributed by atoms with van der Waals surface area (Å²) in [6.07, 6.45) is -44.9. The van der Waals surface area contributed by atoms with Crippen LogP contribution in [0.4, 0.5) is 105 Å². The molecule has 0 heterocycles. The van der Waals surface area contributed by atoms with Crippen LogP contribution in [0.25, 0.3) is 0 Å². The van der Waals surface area contributed by atoms with E-state index in [0.29, 0.717) is 12.1 Å². The molecule has 0 aliphatic carbocycles. The third-order valence-electron chi connectivity index (χ3n) is 11.5. The maximum absolute atomic E-state index is 15.5. The zero-order chi connectivity index (χ0) is 60.8. The summed E-state index contributed by atoms with van der Waals surface area (Å²) in [6.45, 7) is 8.07. The lowest BCUT2D eigenvalue weighted by atomic mass is 9.86. The van der Waals surface area contributed by atoms with Crippen molar-refractivity contribution < 1.29 is 133 Å². The lowest BCUT2D eigenvalue weighted by Gasteiger charge is -2.56. The largest absolute Gasteiger partial charge is 0.864 e. The van der Waals surface area contributed by atoms with Crippen LogP contribution in [0.2, 0.25) is 0 Å². The van der Waals surface area contributed by atoms with Gasteiger partial charge in [0.15, 0.2) is 6.23 Å². The third kappa shape index (κ3) is 17.0. The van der Waals surface area contributed by atoms with Crippen LogP contribution in [-0.4, -0.2) is 44.3 Å². The second-order valence-electron chi connectivity index (χ2n) is 16.9. The molecular formula is C48H46BF24NO5. The first-order chi connectivity index (χ1) is 35.9.